The molecule has 2 aromatic rings. The first-order valence-electron chi connectivity index (χ1n) is 6.69. The Hall–Kier alpha value is -2.40. The van der Waals surface area contributed by atoms with Crippen molar-refractivity contribution in [1.29, 1.82) is 0 Å². The standard InChI is InChI=1S/C14H8F9NO2/c15-12(16,17)5-24(6-13(18,19)20)7-1-2-10-8(3-7)9(14(21,22)23)4-11(25)26-10/h1-4H,5-6H2. The number of anilines is 1. The molecule has 0 saturated carbocycles. The summed E-state index contributed by atoms with van der Waals surface area (Å²) in [6, 6.07) is 1.96. The van der Waals surface area contributed by atoms with Gasteiger partial charge in [0.25, 0.3) is 0 Å². The van der Waals surface area contributed by atoms with E-state index in [1.54, 1.807) is 0 Å². The Bertz CT molecular complexity index is 833. The number of hydrogen-bond acceptors (Lipinski definition) is 3. The lowest BCUT2D eigenvalue weighted by molar-refractivity contribution is -0.138. The van der Waals surface area contributed by atoms with Crippen LogP contribution in [-0.2, 0) is 6.18 Å². The summed E-state index contributed by atoms with van der Waals surface area (Å²) in [7, 11) is 0. The maximum atomic E-state index is 13.0. The van der Waals surface area contributed by atoms with Crippen LogP contribution in [0.25, 0.3) is 11.0 Å². The second-order valence-corrected chi connectivity index (χ2v) is 5.24. The van der Waals surface area contributed by atoms with E-state index in [4.69, 9.17) is 0 Å². The number of nitrogens with zero attached hydrogens (tertiary/aromatic N) is 1. The van der Waals surface area contributed by atoms with Crippen LogP contribution in [0.2, 0.25) is 0 Å². The highest BCUT2D eigenvalue weighted by molar-refractivity contribution is 5.84. The molecule has 12 heteroatoms. The summed E-state index contributed by atoms with van der Waals surface area (Å²) in [5.41, 5.74) is -4.26. The Morgan fingerprint density at radius 2 is 1.38 bits per heavy atom. The average molecular weight is 393 g/mol. The molecule has 1 aromatic heterocycles. The number of benzene rings is 1. The molecular weight excluding hydrogens is 385 g/mol. The molecule has 0 unspecified atom stereocenters. The van der Waals surface area contributed by atoms with E-state index in [9.17, 15) is 44.3 Å². The van der Waals surface area contributed by atoms with Gasteiger partial charge in [-0.3, -0.25) is 0 Å². The summed E-state index contributed by atoms with van der Waals surface area (Å²) in [6.07, 6.45) is -15.1. The fourth-order valence-corrected chi connectivity index (χ4v) is 2.25. The minimum atomic E-state index is -5.06. The van der Waals surface area contributed by atoms with Crippen molar-refractivity contribution in [2.45, 2.75) is 18.5 Å². The third-order valence-electron chi connectivity index (χ3n) is 3.14. The molecule has 1 aromatic carbocycles. The van der Waals surface area contributed by atoms with E-state index in [0.29, 0.717) is 18.2 Å². The summed E-state index contributed by atoms with van der Waals surface area (Å²) < 4.78 is 119. The van der Waals surface area contributed by atoms with Crippen LogP contribution in [0.15, 0.2) is 33.5 Å². The van der Waals surface area contributed by atoms with E-state index in [1.807, 2.05) is 0 Å². The molecule has 3 nitrogen and oxygen atoms in total. The molecule has 2 rings (SSSR count). The molecule has 0 aliphatic carbocycles. The summed E-state index contributed by atoms with van der Waals surface area (Å²) in [6.45, 7) is -4.06. The number of hydrogen-bond donors (Lipinski definition) is 0. The quantitative estimate of drug-likeness (QED) is 0.558. The molecule has 0 aliphatic heterocycles. The second kappa shape index (κ2) is 6.40. The number of halogens is 9. The maximum absolute atomic E-state index is 13.0. The Balaban J connectivity index is 2.63. The molecule has 0 aliphatic rings. The van der Waals surface area contributed by atoms with Gasteiger partial charge >= 0.3 is 24.2 Å². The molecule has 1 heterocycles. The van der Waals surface area contributed by atoms with Gasteiger partial charge in [0.05, 0.1) is 5.56 Å². The molecule has 0 fully saturated rings. The van der Waals surface area contributed by atoms with Crippen LogP contribution < -0.4 is 10.5 Å². The van der Waals surface area contributed by atoms with Crippen LogP contribution in [0.4, 0.5) is 45.2 Å². The molecular formula is C14H8F9NO2. The predicted molar refractivity (Wildman–Crippen MR) is 71.8 cm³/mol. The van der Waals surface area contributed by atoms with Gasteiger partial charge in [-0.15, -0.1) is 0 Å². The van der Waals surface area contributed by atoms with Gasteiger partial charge in [-0.1, -0.05) is 0 Å². The van der Waals surface area contributed by atoms with Gasteiger partial charge in [-0.05, 0) is 18.2 Å². The van der Waals surface area contributed by atoms with E-state index >= 15 is 0 Å². The van der Waals surface area contributed by atoms with Gasteiger partial charge in [0.1, 0.15) is 18.7 Å². The van der Waals surface area contributed by atoms with Crippen LogP contribution in [0, 0.1) is 0 Å². The first-order valence-corrected chi connectivity index (χ1v) is 6.69. The molecule has 0 saturated heterocycles. The summed E-state index contributed by atoms with van der Waals surface area (Å²) in [4.78, 5) is 11.0. The summed E-state index contributed by atoms with van der Waals surface area (Å²) in [5, 5.41) is -0.830. The van der Waals surface area contributed by atoms with E-state index in [-0.39, 0.29) is 11.0 Å². The maximum Gasteiger partial charge on any atom is 0.417 e. The zero-order valence-electron chi connectivity index (χ0n) is 12.4. The lowest BCUT2D eigenvalue weighted by atomic mass is 10.1. The molecule has 0 spiro atoms. The van der Waals surface area contributed by atoms with Gasteiger partial charge in [-0.25, -0.2) is 4.79 Å². The number of alkyl halides is 9. The lowest BCUT2D eigenvalue weighted by Crippen LogP contribution is -2.40. The molecule has 0 amide bonds. The molecule has 0 bridgehead atoms. The zero-order valence-corrected chi connectivity index (χ0v) is 12.4. The van der Waals surface area contributed by atoms with Gasteiger partial charge in [0.2, 0.25) is 0 Å². The molecule has 0 radical (unpaired) electrons. The van der Waals surface area contributed by atoms with Crippen molar-refractivity contribution in [3.8, 4) is 0 Å². The van der Waals surface area contributed by atoms with Crippen molar-refractivity contribution in [2.75, 3.05) is 18.0 Å². The minimum Gasteiger partial charge on any atom is -0.423 e. The topological polar surface area (TPSA) is 33.5 Å². The van der Waals surface area contributed by atoms with E-state index in [0.717, 1.165) is 0 Å². The average Bonchev–Trinajstić information content (AvgIpc) is 2.41. The van der Waals surface area contributed by atoms with E-state index < -0.39 is 59.5 Å². The minimum absolute atomic E-state index is 0.0734. The molecule has 0 atom stereocenters. The van der Waals surface area contributed by atoms with Crippen LogP contribution >= 0.6 is 0 Å². The highest BCUT2D eigenvalue weighted by atomic mass is 19.4. The monoisotopic (exact) mass is 393 g/mol. The van der Waals surface area contributed by atoms with Crippen LogP contribution in [0.5, 0.6) is 0 Å². The lowest BCUT2D eigenvalue weighted by Gasteiger charge is -2.27. The Labute approximate surface area is 138 Å². The number of rotatable bonds is 3. The highest BCUT2D eigenvalue weighted by Crippen LogP contribution is 2.36. The Morgan fingerprint density at radius 3 is 1.85 bits per heavy atom. The SMILES string of the molecule is O=c1cc(C(F)(F)F)c2cc(N(CC(F)(F)F)CC(F)(F)F)ccc2o1. The normalized spacial score (nSPS) is 13.3. The van der Waals surface area contributed by atoms with E-state index in [1.165, 1.54) is 0 Å². The van der Waals surface area contributed by atoms with Crippen molar-refractivity contribution in [3.63, 3.8) is 0 Å². The number of fused-ring (bicyclic) bond motifs is 1. The van der Waals surface area contributed by atoms with Crippen molar-refractivity contribution in [1.82, 2.24) is 0 Å². The van der Waals surface area contributed by atoms with E-state index in [2.05, 4.69) is 4.42 Å². The predicted octanol–water partition coefficient (Wildman–Crippen LogP) is 4.74. The van der Waals surface area contributed by atoms with Crippen LogP contribution in [0.1, 0.15) is 5.56 Å². The first-order chi connectivity index (χ1) is 11.7. The summed E-state index contributed by atoms with van der Waals surface area (Å²) >= 11 is 0. The van der Waals surface area contributed by atoms with Crippen molar-refractivity contribution in [3.05, 3.63) is 40.2 Å². The van der Waals surface area contributed by atoms with Gasteiger partial charge in [-0.2, -0.15) is 39.5 Å². The zero-order chi connectivity index (χ0) is 19.9. The molecule has 0 N–H and O–H groups in total. The molecule has 144 valence electrons. The van der Waals surface area contributed by atoms with Crippen LogP contribution in [-0.4, -0.2) is 25.4 Å². The highest BCUT2D eigenvalue weighted by Gasteiger charge is 2.38. The van der Waals surface area contributed by atoms with Crippen molar-refractivity contribution >= 4 is 16.7 Å². The second-order valence-electron chi connectivity index (χ2n) is 5.24. The van der Waals surface area contributed by atoms with Gasteiger partial charge < -0.3 is 9.32 Å². The smallest absolute Gasteiger partial charge is 0.417 e. The third kappa shape index (κ3) is 5.05. The first kappa shape index (κ1) is 19.9. The van der Waals surface area contributed by atoms with Gasteiger partial charge in [0, 0.05) is 17.1 Å². The summed E-state index contributed by atoms with van der Waals surface area (Å²) in [5.74, 6) is 0. The Kier molecular flexibility index (Phi) is 4.90. The molecule has 26 heavy (non-hydrogen) atoms. The van der Waals surface area contributed by atoms with Crippen molar-refractivity contribution in [2.24, 2.45) is 0 Å². The van der Waals surface area contributed by atoms with Gasteiger partial charge in [0.15, 0.2) is 0 Å². The largest absolute Gasteiger partial charge is 0.423 e. The fraction of sp³-hybridized carbons (Fsp3) is 0.357. The fourth-order valence-electron chi connectivity index (χ4n) is 2.25. The van der Waals surface area contributed by atoms with Crippen LogP contribution in [0.3, 0.4) is 0 Å². The third-order valence-corrected chi connectivity index (χ3v) is 3.14. The Morgan fingerprint density at radius 1 is 0.846 bits per heavy atom. The van der Waals surface area contributed by atoms with Crippen molar-refractivity contribution < 1.29 is 43.9 Å².